The third-order valence-corrected chi connectivity index (χ3v) is 7.66. The van der Waals surface area contributed by atoms with Gasteiger partial charge in [0.2, 0.25) is 11.9 Å². The van der Waals surface area contributed by atoms with Crippen LogP contribution in [0.2, 0.25) is 0 Å². The first-order valence-electron chi connectivity index (χ1n) is 16.3. The van der Waals surface area contributed by atoms with Crippen LogP contribution in [0.1, 0.15) is 50.2 Å². The predicted octanol–water partition coefficient (Wildman–Crippen LogP) is 9.36. The lowest BCUT2D eigenvalue weighted by atomic mass is 10.1. The first-order valence-corrected chi connectivity index (χ1v) is 16.3. The molecule has 0 saturated carbocycles. The minimum Gasteiger partial charge on any atom is -0.398 e. The average molecular weight is 675 g/mol. The molecular weight excluding hydrogens is 633 g/mol. The Morgan fingerprint density at radius 2 is 0.961 bits per heavy atom. The minimum atomic E-state index is 0.497. The van der Waals surface area contributed by atoms with Crippen molar-refractivity contribution in [3.63, 3.8) is 0 Å². The molecule has 0 bridgehead atoms. The number of benzene rings is 4. The second kappa shape index (κ2) is 17.6. The largest absolute Gasteiger partial charge is 0.398 e. The van der Waals surface area contributed by atoms with Crippen LogP contribution in [-0.2, 0) is 0 Å². The van der Waals surface area contributed by atoms with E-state index in [2.05, 4.69) is 100.0 Å². The Bertz CT molecular complexity index is 2130. The van der Waals surface area contributed by atoms with Gasteiger partial charge in [-0.15, -0.1) is 0 Å². The molecule has 0 aliphatic carbocycles. The Morgan fingerprint density at radius 3 is 1.41 bits per heavy atom. The van der Waals surface area contributed by atoms with Crippen LogP contribution in [0.15, 0.2) is 97.3 Å². The van der Waals surface area contributed by atoms with E-state index in [0.717, 1.165) is 34.3 Å². The summed E-state index contributed by atoms with van der Waals surface area (Å²) in [4.78, 5) is 17.1. The highest BCUT2D eigenvalue weighted by Crippen LogP contribution is 2.26. The van der Waals surface area contributed by atoms with Gasteiger partial charge in [-0.25, -0.2) is 15.0 Å². The van der Waals surface area contributed by atoms with Gasteiger partial charge in [0.05, 0.1) is 23.3 Å². The number of hydrogen-bond donors (Lipinski definition) is 4. The predicted molar refractivity (Wildman–Crippen MR) is 207 cm³/mol. The van der Waals surface area contributed by atoms with E-state index >= 15 is 0 Å². The highest BCUT2D eigenvalue weighted by molar-refractivity contribution is 5.66. The number of anilines is 7. The van der Waals surface area contributed by atoms with Crippen molar-refractivity contribution in [2.24, 2.45) is 0 Å². The number of nitrogens with two attached hydrogens (primary N) is 1. The number of nitriles is 2. The zero-order chi connectivity index (χ0) is 36.9. The van der Waals surface area contributed by atoms with Gasteiger partial charge in [0.1, 0.15) is 5.82 Å². The van der Waals surface area contributed by atoms with Crippen LogP contribution in [0.3, 0.4) is 0 Å². The monoisotopic (exact) mass is 674 g/mol. The summed E-state index contributed by atoms with van der Waals surface area (Å²) in [6, 6.07) is 30.6. The number of nitrogen functional groups attached to an aromatic ring is 1. The van der Waals surface area contributed by atoms with Crippen LogP contribution in [-0.4, -0.2) is 19.9 Å². The molecule has 10 nitrogen and oxygen atoms in total. The summed E-state index contributed by atoms with van der Waals surface area (Å²) >= 11 is 0. The maximum atomic E-state index is 8.85. The van der Waals surface area contributed by atoms with Crippen molar-refractivity contribution >= 4 is 40.5 Å². The summed E-state index contributed by atoms with van der Waals surface area (Å²) in [5.74, 6) is 1.78. The molecule has 6 rings (SSSR count). The van der Waals surface area contributed by atoms with E-state index in [1.807, 2.05) is 57.2 Å². The van der Waals surface area contributed by atoms with Gasteiger partial charge < -0.3 is 21.7 Å². The maximum Gasteiger partial charge on any atom is 0.229 e. The van der Waals surface area contributed by atoms with Crippen LogP contribution in [0.4, 0.5) is 40.5 Å². The molecule has 0 unspecified atom stereocenters. The summed E-state index contributed by atoms with van der Waals surface area (Å²) in [5.41, 5.74) is 18.8. The SMILES string of the molecule is Cc1cc(C)c(N)c(C)c1.Cc1cc(C)c(Nc2ccnc(Nc3ccc(C#N)cc3)n2)c(C)c1.Cc1ccnc(Nc2ccc(C#N)cc2)n1. The zero-order valence-electron chi connectivity index (χ0n) is 30.0. The number of hydrogen-bond acceptors (Lipinski definition) is 10. The maximum absolute atomic E-state index is 8.85. The Kier molecular flexibility index (Phi) is 12.8. The van der Waals surface area contributed by atoms with Gasteiger partial charge in [0.25, 0.3) is 0 Å². The van der Waals surface area contributed by atoms with E-state index in [4.69, 9.17) is 16.3 Å². The quantitative estimate of drug-likeness (QED) is 0.125. The van der Waals surface area contributed by atoms with Crippen molar-refractivity contribution in [2.45, 2.75) is 48.5 Å². The minimum absolute atomic E-state index is 0.497. The molecule has 0 radical (unpaired) electrons. The molecule has 6 aromatic rings. The molecule has 4 aromatic carbocycles. The van der Waals surface area contributed by atoms with E-state index in [-0.39, 0.29) is 0 Å². The fourth-order valence-electron chi connectivity index (χ4n) is 5.21. The van der Waals surface area contributed by atoms with Gasteiger partial charge in [-0.3, -0.25) is 0 Å². The Balaban J connectivity index is 0.000000191. The molecule has 2 heterocycles. The highest BCUT2D eigenvalue weighted by Gasteiger charge is 2.07. The molecule has 0 atom stereocenters. The van der Waals surface area contributed by atoms with Crippen molar-refractivity contribution in [1.82, 2.24) is 19.9 Å². The molecule has 256 valence electrons. The topological polar surface area (TPSA) is 161 Å². The zero-order valence-corrected chi connectivity index (χ0v) is 30.0. The van der Waals surface area contributed by atoms with E-state index in [0.29, 0.717) is 23.0 Å². The smallest absolute Gasteiger partial charge is 0.229 e. The fraction of sp³-hybridized carbons (Fsp3) is 0.171. The van der Waals surface area contributed by atoms with Gasteiger partial charge in [-0.05, 0) is 131 Å². The lowest BCUT2D eigenvalue weighted by Crippen LogP contribution is -2.02. The van der Waals surface area contributed by atoms with E-state index < -0.39 is 0 Å². The first-order chi connectivity index (χ1) is 24.4. The normalized spacial score (nSPS) is 9.90. The molecule has 5 N–H and O–H groups in total. The van der Waals surface area contributed by atoms with Crippen molar-refractivity contribution < 1.29 is 0 Å². The van der Waals surface area contributed by atoms with Crippen LogP contribution in [0.5, 0.6) is 0 Å². The Morgan fingerprint density at radius 1 is 0.529 bits per heavy atom. The fourth-order valence-corrected chi connectivity index (χ4v) is 5.21. The van der Waals surface area contributed by atoms with Crippen LogP contribution < -0.4 is 21.7 Å². The first kappa shape index (κ1) is 37.0. The highest BCUT2D eigenvalue weighted by atomic mass is 15.1. The van der Waals surface area contributed by atoms with Crippen LogP contribution >= 0.6 is 0 Å². The summed E-state index contributed by atoms with van der Waals surface area (Å²) in [6.07, 6.45) is 3.41. The number of nitrogens with one attached hydrogen (secondary N) is 3. The molecule has 0 saturated heterocycles. The molecule has 10 heteroatoms. The second-order valence-electron chi connectivity index (χ2n) is 12.1. The lowest BCUT2D eigenvalue weighted by Gasteiger charge is -2.14. The number of rotatable bonds is 6. The van der Waals surface area contributed by atoms with E-state index in [9.17, 15) is 0 Å². The average Bonchev–Trinajstić information content (AvgIpc) is 3.10. The molecule has 51 heavy (non-hydrogen) atoms. The Labute approximate surface area is 300 Å². The third kappa shape index (κ3) is 11.1. The van der Waals surface area contributed by atoms with Crippen molar-refractivity contribution in [1.29, 1.82) is 10.5 Å². The summed E-state index contributed by atoms with van der Waals surface area (Å²) < 4.78 is 0. The summed E-state index contributed by atoms with van der Waals surface area (Å²) in [5, 5.41) is 27.1. The standard InChI is InChI=1S/C20H19N5.C12H10N4.C9H13N/c1-13-10-14(2)19(15(3)11-13)24-18-8-9-22-20(25-18)23-17-6-4-16(12-21)5-7-17;1-9-6-7-14-12(15-9)16-11-4-2-10(8-13)3-5-11;1-6-4-7(2)9(10)8(3)5-6/h4-11H,1-3H3,(H2,22,23,24,25);2-7H,1H3,(H,14,15,16);4-5H,10H2,1-3H3. The van der Waals surface area contributed by atoms with Crippen LogP contribution in [0.25, 0.3) is 0 Å². The lowest BCUT2D eigenvalue weighted by molar-refractivity contribution is 1.11. The van der Waals surface area contributed by atoms with Gasteiger partial charge in [0.15, 0.2) is 0 Å². The van der Waals surface area contributed by atoms with Crippen molar-refractivity contribution in [2.75, 3.05) is 21.7 Å². The van der Waals surface area contributed by atoms with Crippen LogP contribution in [0, 0.1) is 71.1 Å². The van der Waals surface area contributed by atoms with Gasteiger partial charge in [0, 0.05) is 40.8 Å². The van der Waals surface area contributed by atoms with Crippen molar-refractivity contribution in [3.8, 4) is 12.1 Å². The number of aromatic nitrogens is 4. The third-order valence-electron chi connectivity index (χ3n) is 7.66. The molecule has 0 amide bonds. The van der Waals surface area contributed by atoms with E-state index in [1.54, 1.807) is 36.7 Å². The van der Waals surface area contributed by atoms with E-state index in [1.165, 1.54) is 33.4 Å². The Hall–Kier alpha value is -6.78. The van der Waals surface area contributed by atoms with Crippen molar-refractivity contribution in [3.05, 3.63) is 148 Å². The van der Waals surface area contributed by atoms with Gasteiger partial charge in [-0.2, -0.15) is 15.5 Å². The molecule has 0 aliphatic heterocycles. The molecule has 0 aliphatic rings. The second-order valence-corrected chi connectivity index (χ2v) is 12.1. The number of aryl methyl sites for hydroxylation is 7. The van der Waals surface area contributed by atoms with Gasteiger partial charge in [-0.1, -0.05) is 35.4 Å². The summed E-state index contributed by atoms with van der Waals surface area (Å²) in [7, 11) is 0. The molecule has 0 spiro atoms. The van der Waals surface area contributed by atoms with Gasteiger partial charge >= 0.3 is 0 Å². The summed E-state index contributed by atoms with van der Waals surface area (Å²) in [6.45, 7) is 14.3. The number of nitrogens with zero attached hydrogens (tertiary/aromatic N) is 6. The molecular formula is C41H42N10. The molecule has 0 fully saturated rings. The molecule has 2 aromatic heterocycles.